The highest BCUT2D eigenvalue weighted by Gasteiger charge is 2.24. The highest BCUT2D eigenvalue weighted by molar-refractivity contribution is 7.86. The van der Waals surface area contributed by atoms with Gasteiger partial charge < -0.3 is 0 Å². The predicted octanol–water partition coefficient (Wildman–Crippen LogP) is 0.382. The molecule has 0 saturated heterocycles. The van der Waals surface area contributed by atoms with Gasteiger partial charge in [0.1, 0.15) is 4.90 Å². The van der Waals surface area contributed by atoms with Crippen LogP contribution in [0.15, 0.2) is 21.9 Å². The van der Waals surface area contributed by atoms with E-state index in [0.717, 1.165) is 0 Å². The van der Waals surface area contributed by atoms with Crippen LogP contribution in [0.2, 0.25) is 5.02 Å². The number of rotatable bonds is 4. The summed E-state index contributed by atoms with van der Waals surface area (Å²) >= 11 is 2.71. The molecule has 1 atom stereocenters. The Bertz CT molecular complexity index is 740. The molecule has 0 fully saturated rings. The molecule has 1 unspecified atom stereocenters. The molecule has 0 aliphatic rings. The first-order valence-corrected chi connectivity index (χ1v) is 8.45. The maximum absolute atomic E-state index is 11.1. The van der Waals surface area contributed by atoms with Gasteiger partial charge in [-0.3, -0.25) is 18.4 Å². The van der Waals surface area contributed by atoms with Crippen molar-refractivity contribution < 1.29 is 34.7 Å². The molecule has 1 rings (SSSR count). The first-order valence-electron chi connectivity index (χ1n) is 4.09. The Balaban J connectivity index is 3.71. The second-order valence-corrected chi connectivity index (χ2v) is 6.97. The molecule has 0 amide bonds. The van der Waals surface area contributed by atoms with Crippen molar-refractivity contribution in [1.29, 1.82) is 0 Å². The van der Waals surface area contributed by atoms with Gasteiger partial charge in [-0.2, -0.15) is 16.8 Å². The molecule has 108 valence electrons. The fourth-order valence-electron chi connectivity index (χ4n) is 1.15. The molecule has 9 nitrogen and oxygen atoms in total. The molecule has 0 aliphatic heterocycles. The van der Waals surface area contributed by atoms with E-state index in [4.69, 9.17) is 25.3 Å². The Labute approximate surface area is 115 Å². The lowest BCUT2D eigenvalue weighted by molar-refractivity contribution is 0.479. The summed E-state index contributed by atoms with van der Waals surface area (Å²) < 4.78 is 82.5. The Morgan fingerprint density at radius 3 is 2.00 bits per heavy atom. The van der Waals surface area contributed by atoms with Crippen molar-refractivity contribution in [3.05, 3.63) is 17.2 Å². The van der Waals surface area contributed by atoms with Crippen molar-refractivity contribution in [1.82, 2.24) is 0 Å². The van der Waals surface area contributed by atoms with Gasteiger partial charge in [-0.25, -0.2) is 4.21 Å². The molecular formula is C6H6ClNO8S3. The van der Waals surface area contributed by atoms with Crippen molar-refractivity contribution in [2.24, 2.45) is 0 Å². The minimum atomic E-state index is -4.89. The van der Waals surface area contributed by atoms with E-state index >= 15 is 0 Å². The monoisotopic (exact) mass is 351 g/mol. The van der Waals surface area contributed by atoms with E-state index in [0.29, 0.717) is 12.1 Å². The summed E-state index contributed by atoms with van der Waals surface area (Å²) in [5.41, 5.74) is -0.761. The van der Waals surface area contributed by atoms with Crippen LogP contribution in [0.5, 0.6) is 0 Å². The normalized spacial score (nSPS) is 14.1. The summed E-state index contributed by atoms with van der Waals surface area (Å²) in [6, 6.07) is 1.09. The average molecular weight is 352 g/mol. The molecule has 19 heavy (non-hydrogen) atoms. The van der Waals surface area contributed by atoms with E-state index in [9.17, 15) is 21.0 Å². The molecule has 1 aromatic rings. The highest BCUT2D eigenvalue weighted by Crippen LogP contribution is 2.32. The van der Waals surface area contributed by atoms with Crippen molar-refractivity contribution in [2.75, 3.05) is 4.72 Å². The van der Waals surface area contributed by atoms with E-state index in [1.165, 1.54) is 0 Å². The van der Waals surface area contributed by atoms with Crippen molar-refractivity contribution >= 4 is 48.8 Å². The van der Waals surface area contributed by atoms with Crippen LogP contribution in [0.4, 0.5) is 5.69 Å². The fourth-order valence-corrected chi connectivity index (χ4v) is 3.37. The lowest BCUT2D eigenvalue weighted by Crippen LogP contribution is -2.11. The number of nitrogens with one attached hydrogen (secondary N) is 1. The minimum Gasteiger partial charge on any atom is -0.289 e. The number of benzene rings is 1. The summed E-state index contributed by atoms with van der Waals surface area (Å²) in [4.78, 5) is -1.82. The zero-order chi connectivity index (χ0) is 15.0. The SMILES string of the molecule is O=S(O)Nc1cc(S(=O)(=O)O)cc(Cl)c1S(=O)(=O)O. The van der Waals surface area contributed by atoms with E-state index in [1.54, 1.807) is 4.72 Å². The van der Waals surface area contributed by atoms with Gasteiger partial charge in [-0.15, -0.1) is 0 Å². The van der Waals surface area contributed by atoms with Gasteiger partial charge in [0.25, 0.3) is 31.5 Å². The van der Waals surface area contributed by atoms with Gasteiger partial charge in [0, 0.05) is 0 Å². The van der Waals surface area contributed by atoms with E-state index in [1.807, 2.05) is 0 Å². The summed E-state index contributed by atoms with van der Waals surface area (Å²) in [6.07, 6.45) is 0. The van der Waals surface area contributed by atoms with E-state index < -0.39 is 52.0 Å². The lowest BCUT2D eigenvalue weighted by Gasteiger charge is -2.10. The maximum Gasteiger partial charge on any atom is 0.298 e. The van der Waals surface area contributed by atoms with Crippen molar-refractivity contribution in [3.8, 4) is 0 Å². The van der Waals surface area contributed by atoms with Crippen LogP contribution in [-0.4, -0.2) is 34.7 Å². The predicted molar refractivity (Wildman–Crippen MR) is 65.5 cm³/mol. The van der Waals surface area contributed by atoms with Crippen molar-refractivity contribution in [3.63, 3.8) is 0 Å². The molecule has 13 heteroatoms. The smallest absolute Gasteiger partial charge is 0.289 e. The third kappa shape index (κ3) is 4.10. The van der Waals surface area contributed by atoms with Crippen LogP contribution >= 0.6 is 11.6 Å². The molecule has 0 bridgehead atoms. The Morgan fingerprint density at radius 2 is 1.63 bits per heavy atom. The van der Waals surface area contributed by atoms with Gasteiger partial charge in [-0.05, 0) is 12.1 Å². The number of halogens is 1. The van der Waals surface area contributed by atoms with Crippen LogP contribution in [0, 0.1) is 0 Å². The van der Waals surface area contributed by atoms with Crippen LogP contribution in [0.25, 0.3) is 0 Å². The van der Waals surface area contributed by atoms with Gasteiger partial charge >= 0.3 is 0 Å². The zero-order valence-electron chi connectivity index (χ0n) is 8.64. The first kappa shape index (κ1) is 16.3. The molecule has 0 heterocycles. The lowest BCUT2D eigenvalue weighted by atomic mass is 10.3. The standard InChI is InChI=1S/C6H6ClNO8S3/c7-4-1-3(18(11,12)13)2-5(8-17(9)10)6(4)19(14,15)16/h1-2,8H,(H,9,10)(H,11,12,13)(H,14,15,16). The number of anilines is 1. The highest BCUT2D eigenvalue weighted by atomic mass is 35.5. The van der Waals surface area contributed by atoms with Crippen LogP contribution in [-0.2, 0) is 31.5 Å². The van der Waals surface area contributed by atoms with Crippen LogP contribution < -0.4 is 4.72 Å². The quantitative estimate of drug-likeness (QED) is 0.447. The minimum absolute atomic E-state index is 0.526. The maximum atomic E-state index is 11.1. The average Bonchev–Trinajstić information content (AvgIpc) is 2.11. The van der Waals surface area contributed by atoms with Gasteiger partial charge in [0.05, 0.1) is 15.6 Å². The molecule has 0 aromatic heterocycles. The third-order valence-corrected chi connectivity index (χ3v) is 4.36. The number of hydrogen-bond acceptors (Lipinski definition) is 5. The van der Waals surface area contributed by atoms with Crippen LogP contribution in [0.1, 0.15) is 0 Å². The summed E-state index contributed by atoms with van der Waals surface area (Å²) in [7, 11) is -9.62. The van der Waals surface area contributed by atoms with Gasteiger partial charge in [0.2, 0.25) is 0 Å². The zero-order valence-corrected chi connectivity index (χ0v) is 11.8. The third-order valence-electron chi connectivity index (χ3n) is 1.77. The summed E-state index contributed by atoms with van der Waals surface area (Å²) in [5, 5.41) is -0.759. The molecule has 0 saturated carbocycles. The summed E-state index contributed by atoms with van der Waals surface area (Å²) in [6.45, 7) is 0. The fraction of sp³-hybridized carbons (Fsp3) is 0. The molecule has 0 spiro atoms. The molecule has 0 aliphatic carbocycles. The largest absolute Gasteiger partial charge is 0.298 e. The Hall–Kier alpha value is -0.760. The van der Waals surface area contributed by atoms with Crippen molar-refractivity contribution in [2.45, 2.75) is 9.79 Å². The van der Waals surface area contributed by atoms with Crippen LogP contribution in [0.3, 0.4) is 0 Å². The molecular weight excluding hydrogens is 346 g/mol. The molecule has 1 aromatic carbocycles. The Morgan fingerprint density at radius 1 is 1.11 bits per heavy atom. The van der Waals surface area contributed by atoms with E-state index in [2.05, 4.69) is 0 Å². The molecule has 4 N–H and O–H groups in total. The van der Waals surface area contributed by atoms with E-state index in [-0.39, 0.29) is 0 Å². The second kappa shape index (κ2) is 5.32. The number of hydrogen-bond donors (Lipinski definition) is 4. The topological polar surface area (TPSA) is 158 Å². The second-order valence-electron chi connectivity index (χ2n) is 3.08. The first-order chi connectivity index (χ1) is 8.43. The summed E-state index contributed by atoms with van der Waals surface area (Å²) in [5.74, 6) is 0. The molecule has 0 radical (unpaired) electrons. The van der Waals surface area contributed by atoms with Gasteiger partial charge in [-0.1, -0.05) is 11.6 Å². The van der Waals surface area contributed by atoms with Gasteiger partial charge in [0.15, 0.2) is 0 Å². The Kier molecular flexibility index (Phi) is 4.56.